The fourth-order valence-corrected chi connectivity index (χ4v) is 2.73. The smallest absolute Gasteiger partial charge is 0.260 e. The van der Waals surface area contributed by atoms with E-state index in [1.165, 1.54) is 5.56 Å². The van der Waals surface area contributed by atoms with Crippen LogP contribution >= 0.6 is 23.2 Å². The first kappa shape index (κ1) is 18.6. The number of rotatable bonds is 7. The summed E-state index contributed by atoms with van der Waals surface area (Å²) in [6.07, 6.45) is 1.15. The maximum atomic E-state index is 12.2. The predicted molar refractivity (Wildman–Crippen MR) is 98.9 cm³/mol. The molecule has 0 spiro atoms. The second kappa shape index (κ2) is 8.95. The van der Waals surface area contributed by atoms with Crippen molar-refractivity contribution in [1.29, 1.82) is 0 Å². The molecule has 2 atom stereocenters. The average molecular weight is 366 g/mol. The van der Waals surface area contributed by atoms with Crippen molar-refractivity contribution < 1.29 is 9.53 Å². The lowest BCUT2D eigenvalue weighted by Crippen LogP contribution is -2.41. The first-order chi connectivity index (χ1) is 11.5. The summed E-state index contributed by atoms with van der Waals surface area (Å²) in [5.41, 5.74) is 1.26. The van der Waals surface area contributed by atoms with Gasteiger partial charge in [-0.15, -0.1) is 0 Å². The van der Waals surface area contributed by atoms with E-state index in [4.69, 9.17) is 27.9 Å². The molecule has 2 aromatic carbocycles. The zero-order valence-corrected chi connectivity index (χ0v) is 15.3. The van der Waals surface area contributed by atoms with Crippen molar-refractivity contribution in [2.45, 2.75) is 38.8 Å². The van der Waals surface area contributed by atoms with Crippen molar-refractivity contribution in [3.05, 3.63) is 64.1 Å². The maximum Gasteiger partial charge on any atom is 0.260 e. The lowest BCUT2D eigenvalue weighted by atomic mass is 10.1. The summed E-state index contributed by atoms with van der Waals surface area (Å²) in [5.74, 6) is 0.280. The van der Waals surface area contributed by atoms with Gasteiger partial charge >= 0.3 is 0 Å². The molecule has 2 rings (SSSR count). The molecule has 1 N–H and O–H groups in total. The zero-order valence-electron chi connectivity index (χ0n) is 13.8. The van der Waals surface area contributed by atoms with Gasteiger partial charge in [0.2, 0.25) is 0 Å². The van der Waals surface area contributed by atoms with E-state index in [1.54, 1.807) is 25.1 Å². The first-order valence-electron chi connectivity index (χ1n) is 7.91. The highest BCUT2D eigenvalue weighted by Gasteiger charge is 2.18. The van der Waals surface area contributed by atoms with Gasteiger partial charge in [0.05, 0.1) is 5.02 Å². The second-order valence-electron chi connectivity index (χ2n) is 5.77. The van der Waals surface area contributed by atoms with E-state index >= 15 is 0 Å². The summed E-state index contributed by atoms with van der Waals surface area (Å²) < 4.78 is 5.62. The van der Waals surface area contributed by atoms with Gasteiger partial charge in [-0.2, -0.15) is 0 Å². The summed E-state index contributed by atoms with van der Waals surface area (Å²) >= 11 is 11.9. The van der Waals surface area contributed by atoms with Crippen LogP contribution in [0, 0.1) is 0 Å². The quantitative estimate of drug-likeness (QED) is 0.757. The maximum absolute atomic E-state index is 12.2. The molecule has 0 saturated carbocycles. The number of aryl methyl sites for hydroxylation is 1. The molecule has 1 amide bonds. The highest BCUT2D eigenvalue weighted by Crippen LogP contribution is 2.28. The molecule has 0 aliphatic rings. The monoisotopic (exact) mass is 365 g/mol. The SMILES string of the molecule is CC(CCc1ccccc1)NC(=O)C(C)Oc1ccc(Cl)cc1Cl. The van der Waals surface area contributed by atoms with Crippen molar-refractivity contribution in [1.82, 2.24) is 5.32 Å². The van der Waals surface area contributed by atoms with E-state index in [9.17, 15) is 4.79 Å². The molecule has 0 heterocycles. The lowest BCUT2D eigenvalue weighted by Gasteiger charge is -2.19. The summed E-state index contributed by atoms with van der Waals surface area (Å²) in [5, 5.41) is 3.88. The van der Waals surface area contributed by atoms with Crippen LogP contribution in [0.2, 0.25) is 10.0 Å². The van der Waals surface area contributed by atoms with Crippen LogP contribution < -0.4 is 10.1 Å². The summed E-state index contributed by atoms with van der Waals surface area (Å²) in [7, 11) is 0. The van der Waals surface area contributed by atoms with Gasteiger partial charge in [-0.05, 0) is 50.5 Å². The number of amides is 1. The van der Waals surface area contributed by atoms with Gasteiger partial charge in [0, 0.05) is 11.1 Å². The molecule has 24 heavy (non-hydrogen) atoms. The number of benzene rings is 2. The normalized spacial score (nSPS) is 13.2. The molecular weight excluding hydrogens is 345 g/mol. The third kappa shape index (κ3) is 5.73. The molecule has 2 aromatic rings. The fraction of sp³-hybridized carbons (Fsp3) is 0.316. The Hall–Kier alpha value is -1.71. The van der Waals surface area contributed by atoms with Crippen LogP contribution in [-0.2, 0) is 11.2 Å². The average Bonchev–Trinajstić information content (AvgIpc) is 2.56. The van der Waals surface area contributed by atoms with Gasteiger partial charge in [0.1, 0.15) is 5.75 Å². The molecule has 0 fully saturated rings. The number of hydrogen-bond acceptors (Lipinski definition) is 2. The van der Waals surface area contributed by atoms with Crippen molar-refractivity contribution in [2.24, 2.45) is 0 Å². The Morgan fingerprint density at radius 2 is 1.83 bits per heavy atom. The minimum atomic E-state index is -0.636. The van der Waals surface area contributed by atoms with Crippen molar-refractivity contribution in [3.8, 4) is 5.75 Å². The van der Waals surface area contributed by atoms with Gasteiger partial charge in [0.25, 0.3) is 5.91 Å². The number of halogens is 2. The standard InChI is InChI=1S/C19H21Cl2NO2/c1-13(8-9-15-6-4-3-5-7-15)22-19(23)14(2)24-18-11-10-16(20)12-17(18)21/h3-7,10-14H,8-9H2,1-2H3,(H,22,23). The van der Waals surface area contributed by atoms with Gasteiger partial charge in [0.15, 0.2) is 6.10 Å². The van der Waals surface area contributed by atoms with E-state index in [0.29, 0.717) is 15.8 Å². The summed E-state index contributed by atoms with van der Waals surface area (Å²) in [6, 6.07) is 15.2. The Labute approximate surface area is 152 Å². The minimum Gasteiger partial charge on any atom is -0.479 e. The molecule has 5 heteroatoms. The predicted octanol–water partition coefficient (Wildman–Crippen LogP) is 4.90. The first-order valence-corrected chi connectivity index (χ1v) is 8.67. The third-order valence-electron chi connectivity index (χ3n) is 3.66. The molecular formula is C19H21Cl2NO2. The fourth-order valence-electron chi connectivity index (χ4n) is 2.27. The van der Waals surface area contributed by atoms with Crippen LogP contribution in [-0.4, -0.2) is 18.1 Å². The van der Waals surface area contributed by atoms with Crippen LogP contribution in [0.25, 0.3) is 0 Å². The molecule has 3 nitrogen and oxygen atoms in total. The van der Waals surface area contributed by atoms with E-state index < -0.39 is 6.10 Å². The van der Waals surface area contributed by atoms with Crippen molar-refractivity contribution in [3.63, 3.8) is 0 Å². The molecule has 0 radical (unpaired) electrons. The van der Waals surface area contributed by atoms with Crippen LogP contribution in [0.4, 0.5) is 0 Å². The Morgan fingerprint density at radius 3 is 2.50 bits per heavy atom. The van der Waals surface area contributed by atoms with Gasteiger partial charge in [-0.1, -0.05) is 53.5 Å². The molecule has 2 unspecified atom stereocenters. The van der Waals surface area contributed by atoms with Crippen molar-refractivity contribution in [2.75, 3.05) is 0 Å². The Morgan fingerprint density at radius 1 is 1.12 bits per heavy atom. The molecule has 0 aliphatic heterocycles. The Kier molecular flexibility index (Phi) is 6.95. The van der Waals surface area contributed by atoms with E-state index in [2.05, 4.69) is 17.4 Å². The minimum absolute atomic E-state index is 0.0597. The Bertz CT molecular complexity index is 676. The largest absolute Gasteiger partial charge is 0.479 e. The number of carbonyl (C=O) groups is 1. The number of ether oxygens (including phenoxy) is 1. The van der Waals surface area contributed by atoms with E-state index in [1.807, 2.05) is 25.1 Å². The number of hydrogen-bond donors (Lipinski definition) is 1. The van der Waals surface area contributed by atoms with Crippen LogP contribution in [0.5, 0.6) is 5.75 Å². The Balaban J connectivity index is 1.82. The van der Waals surface area contributed by atoms with Gasteiger partial charge < -0.3 is 10.1 Å². The topological polar surface area (TPSA) is 38.3 Å². The van der Waals surface area contributed by atoms with E-state index in [0.717, 1.165) is 12.8 Å². The van der Waals surface area contributed by atoms with E-state index in [-0.39, 0.29) is 11.9 Å². The van der Waals surface area contributed by atoms with Crippen LogP contribution in [0.3, 0.4) is 0 Å². The molecule has 0 aliphatic carbocycles. The zero-order chi connectivity index (χ0) is 17.5. The molecule has 0 aromatic heterocycles. The summed E-state index contributed by atoms with van der Waals surface area (Å²) in [4.78, 5) is 12.2. The van der Waals surface area contributed by atoms with Crippen molar-refractivity contribution >= 4 is 29.1 Å². The number of carbonyl (C=O) groups excluding carboxylic acids is 1. The van der Waals surface area contributed by atoms with Gasteiger partial charge in [-0.3, -0.25) is 4.79 Å². The molecule has 0 saturated heterocycles. The lowest BCUT2D eigenvalue weighted by molar-refractivity contribution is -0.127. The van der Waals surface area contributed by atoms with Gasteiger partial charge in [-0.25, -0.2) is 0 Å². The highest BCUT2D eigenvalue weighted by molar-refractivity contribution is 6.35. The number of nitrogens with one attached hydrogen (secondary N) is 1. The third-order valence-corrected chi connectivity index (χ3v) is 4.19. The van der Waals surface area contributed by atoms with Crippen LogP contribution in [0.1, 0.15) is 25.8 Å². The summed E-state index contributed by atoms with van der Waals surface area (Å²) in [6.45, 7) is 3.69. The molecule has 128 valence electrons. The highest BCUT2D eigenvalue weighted by atomic mass is 35.5. The van der Waals surface area contributed by atoms with Crippen LogP contribution in [0.15, 0.2) is 48.5 Å². The molecule has 0 bridgehead atoms. The second-order valence-corrected chi connectivity index (χ2v) is 6.61.